The van der Waals surface area contributed by atoms with Gasteiger partial charge < -0.3 is 10.4 Å². The Labute approximate surface area is 116 Å². The summed E-state index contributed by atoms with van der Waals surface area (Å²) in [6.07, 6.45) is 6.36. The quantitative estimate of drug-likeness (QED) is 0.746. The summed E-state index contributed by atoms with van der Waals surface area (Å²) < 4.78 is 0. The minimum absolute atomic E-state index is 0.0877. The maximum absolute atomic E-state index is 11.8. The molecular weight excluding hydrogens is 242 g/mol. The second-order valence-corrected chi connectivity index (χ2v) is 6.89. The van der Waals surface area contributed by atoms with Gasteiger partial charge in [0.05, 0.1) is 0 Å². The third-order valence-corrected chi connectivity index (χ3v) is 3.82. The van der Waals surface area contributed by atoms with Gasteiger partial charge in [-0.1, -0.05) is 40.0 Å². The average Bonchev–Trinajstić information content (AvgIpc) is 2.20. The Morgan fingerprint density at radius 3 is 2.37 bits per heavy atom. The Balaban J connectivity index is 2.30. The number of aliphatic carboxylic acids is 1. The molecule has 1 amide bonds. The van der Waals surface area contributed by atoms with Crippen LogP contribution in [-0.4, -0.2) is 23.0 Å². The predicted molar refractivity (Wildman–Crippen MR) is 74.8 cm³/mol. The number of hydrogen-bond donors (Lipinski definition) is 2. The van der Waals surface area contributed by atoms with E-state index in [0.717, 1.165) is 12.8 Å². The zero-order chi connectivity index (χ0) is 14.5. The van der Waals surface area contributed by atoms with E-state index in [4.69, 9.17) is 5.11 Å². The van der Waals surface area contributed by atoms with Crippen molar-refractivity contribution in [1.29, 1.82) is 0 Å². The van der Waals surface area contributed by atoms with Crippen LogP contribution >= 0.6 is 0 Å². The minimum Gasteiger partial charge on any atom is -0.480 e. The second-order valence-electron chi connectivity index (χ2n) is 6.89. The van der Waals surface area contributed by atoms with Gasteiger partial charge in [-0.05, 0) is 30.6 Å². The van der Waals surface area contributed by atoms with Crippen molar-refractivity contribution in [3.05, 3.63) is 0 Å². The van der Waals surface area contributed by atoms with Crippen LogP contribution in [-0.2, 0) is 9.59 Å². The molecule has 19 heavy (non-hydrogen) atoms. The Bertz CT molecular complexity index is 316. The largest absolute Gasteiger partial charge is 0.480 e. The smallest absolute Gasteiger partial charge is 0.326 e. The molecule has 1 unspecified atom stereocenters. The number of nitrogens with one attached hydrogen (secondary N) is 1. The molecule has 2 N–H and O–H groups in total. The van der Waals surface area contributed by atoms with E-state index in [1.807, 2.05) is 0 Å². The lowest BCUT2D eigenvalue weighted by Gasteiger charge is -2.25. The Morgan fingerprint density at radius 2 is 1.95 bits per heavy atom. The van der Waals surface area contributed by atoms with Crippen molar-refractivity contribution >= 4 is 11.9 Å². The average molecular weight is 269 g/mol. The van der Waals surface area contributed by atoms with E-state index in [-0.39, 0.29) is 11.3 Å². The summed E-state index contributed by atoms with van der Waals surface area (Å²) in [5.74, 6) is -0.363. The monoisotopic (exact) mass is 269 g/mol. The standard InChI is InChI=1S/C15H27NO3/c1-15(2,3)10-9-12(14(18)19)16-13(17)8-7-11-5-4-6-11/h11-12H,4-10H2,1-3H3,(H,16,17)(H,18,19). The molecule has 1 aliphatic rings. The summed E-state index contributed by atoms with van der Waals surface area (Å²) in [6.45, 7) is 6.22. The van der Waals surface area contributed by atoms with Crippen LogP contribution in [0.5, 0.6) is 0 Å². The van der Waals surface area contributed by atoms with Crippen LogP contribution in [0.3, 0.4) is 0 Å². The fourth-order valence-electron chi connectivity index (χ4n) is 2.22. The second kappa shape index (κ2) is 6.92. The molecule has 1 aliphatic carbocycles. The van der Waals surface area contributed by atoms with Gasteiger partial charge in [0.2, 0.25) is 5.91 Å². The van der Waals surface area contributed by atoms with Gasteiger partial charge in [-0.2, -0.15) is 0 Å². The fraction of sp³-hybridized carbons (Fsp3) is 0.867. The first kappa shape index (κ1) is 16.0. The molecule has 110 valence electrons. The van der Waals surface area contributed by atoms with Crippen LogP contribution < -0.4 is 5.32 Å². The van der Waals surface area contributed by atoms with Crippen molar-refractivity contribution in [1.82, 2.24) is 5.32 Å². The highest BCUT2D eigenvalue weighted by Crippen LogP contribution is 2.30. The number of carboxylic acids is 1. The van der Waals surface area contributed by atoms with E-state index >= 15 is 0 Å². The van der Waals surface area contributed by atoms with Gasteiger partial charge >= 0.3 is 5.97 Å². The molecule has 1 fully saturated rings. The first-order valence-electron chi connectivity index (χ1n) is 7.30. The molecule has 0 spiro atoms. The Morgan fingerprint density at radius 1 is 1.32 bits per heavy atom. The lowest BCUT2D eigenvalue weighted by Crippen LogP contribution is -2.41. The third-order valence-electron chi connectivity index (χ3n) is 3.82. The number of carbonyl (C=O) groups is 2. The first-order valence-corrected chi connectivity index (χ1v) is 7.30. The highest BCUT2D eigenvalue weighted by Gasteiger charge is 2.24. The van der Waals surface area contributed by atoms with E-state index in [1.165, 1.54) is 19.3 Å². The highest BCUT2D eigenvalue weighted by molar-refractivity contribution is 5.83. The van der Waals surface area contributed by atoms with E-state index < -0.39 is 12.0 Å². The zero-order valence-electron chi connectivity index (χ0n) is 12.4. The van der Waals surface area contributed by atoms with Crippen LogP contribution in [0.2, 0.25) is 0 Å². The third kappa shape index (κ3) is 6.60. The molecular formula is C15H27NO3. The summed E-state index contributed by atoms with van der Waals surface area (Å²) >= 11 is 0. The van der Waals surface area contributed by atoms with E-state index in [2.05, 4.69) is 26.1 Å². The molecule has 0 aliphatic heterocycles. The maximum atomic E-state index is 11.8. The SMILES string of the molecule is CC(C)(C)CCC(NC(=O)CCC1CCC1)C(=O)O. The molecule has 1 rings (SSSR count). The Hall–Kier alpha value is -1.06. The van der Waals surface area contributed by atoms with E-state index in [1.54, 1.807) is 0 Å². The van der Waals surface area contributed by atoms with Crippen molar-refractivity contribution in [2.24, 2.45) is 11.3 Å². The molecule has 0 heterocycles. The molecule has 0 aromatic heterocycles. The van der Waals surface area contributed by atoms with Gasteiger partial charge in [0, 0.05) is 6.42 Å². The van der Waals surface area contributed by atoms with Crippen LogP contribution in [0, 0.1) is 11.3 Å². The molecule has 0 aromatic carbocycles. The number of carbonyl (C=O) groups excluding carboxylic acids is 1. The Kier molecular flexibility index (Phi) is 5.83. The molecule has 0 radical (unpaired) electrons. The van der Waals surface area contributed by atoms with Crippen LogP contribution in [0.15, 0.2) is 0 Å². The van der Waals surface area contributed by atoms with Crippen LogP contribution in [0.25, 0.3) is 0 Å². The van der Waals surface area contributed by atoms with Crippen molar-refractivity contribution in [2.45, 2.75) is 71.8 Å². The van der Waals surface area contributed by atoms with Gasteiger partial charge in [0.25, 0.3) is 0 Å². The lowest BCUT2D eigenvalue weighted by atomic mass is 9.82. The summed E-state index contributed by atoms with van der Waals surface area (Å²) in [5, 5.41) is 11.8. The van der Waals surface area contributed by atoms with Crippen molar-refractivity contribution in [3.63, 3.8) is 0 Å². The number of amides is 1. The summed E-state index contributed by atoms with van der Waals surface area (Å²) in [4.78, 5) is 22.9. The van der Waals surface area contributed by atoms with Gasteiger partial charge in [-0.25, -0.2) is 4.79 Å². The van der Waals surface area contributed by atoms with E-state index in [9.17, 15) is 9.59 Å². The first-order chi connectivity index (χ1) is 8.78. The van der Waals surface area contributed by atoms with Crippen molar-refractivity contribution < 1.29 is 14.7 Å². The molecule has 0 saturated heterocycles. The van der Waals surface area contributed by atoms with Crippen molar-refractivity contribution in [3.8, 4) is 0 Å². The number of rotatable bonds is 7. The summed E-state index contributed by atoms with van der Waals surface area (Å²) in [6, 6.07) is -0.742. The van der Waals surface area contributed by atoms with Gasteiger partial charge in [-0.3, -0.25) is 4.79 Å². The molecule has 0 bridgehead atoms. The lowest BCUT2D eigenvalue weighted by molar-refractivity contribution is -0.142. The summed E-state index contributed by atoms with van der Waals surface area (Å²) in [5.41, 5.74) is 0.0877. The van der Waals surface area contributed by atoms with Crippen LogP contribution in [0.1, 0.15) is 65.7 Å². The minimum atomic E-state index is -0.929. The maximum Gasteiger partial charge on any atom is 0.326 e. The van der Waals surface area contributed by atoms with E-state index in [0.29, 0.717) is 18.8 Å². The number of hydrogen-bond acceptors (Lipinski definition) is 2. The fourth-order valence-corrected chi connectivity index (χ4v) is 2.22. The number of carboxylic acid groups (broad SMARTS) is 1. The van der Waals surface area contributed by atoms with Gasteiger partial charge in [0.15, 0.2) is 0 Å². The van der Waals surface area contributed by atoms with Gasteiger partial charge in [0.1, 0.15) is 6.04 Å². The zero-order valence-corrected chi connectivity index (χ0v) is 12.4. The molecule has 4 nitrogen and oxygen atoms in total. The normalized spacial score (nSPS) is 17.6. The predicted octanol–water partition coefficient (Wildman–Crippen LogP) is 2.96. The van der Waals surface area contributed by atoms with Gasteiger partial charge in [-0.15, -0.1) is 0 Å². The molecule has 1 atom stereocenters. The molecule has 0 aromatic rings. The highest BCUT2D eigenvalue weighted by atomic mass is 16.4. The topological polar surface area (TPSA) is 66.4 Å². The molecule has 1 saturated carbocycles. The summed E-state index contributed by atoms with van der Waals surface area (Å²) in [7, 11) is 0. The molecule has 4 heteroatoms. The van der Waals surface area contributed by atoms with Crippen LogP contribution in [0.4, 0.5) is 0 Å². The van der Waals surface area contributed by atoms with Crippen molar-refractivity contribution in [2.75, 3.05) is 0 Å².